The maximum absolute atomic E-state index is 2.60. The van der Waals surface area contributed by atoms with Crippen LogP contribution in [-0.4, -0.2) is 9.13 Å². The zero-order valence-electron chi connectivity index (χ0n) is 31.3. The van der Waals surface area contributed by atoms with Crippen molar-refractivity contribution in [2.45, 2.75) is 37.5 Å². The normalized spacial score (nSPS) is 14.6. The Labute approximate surface area is 326 Å². The molecule has 0 atom stereocenters. The van der Waals surface area contributed by atoms with Gasteiger partial charge in [-0.1, -0.05) is 141 Å². The molecular weight excluding hydrogens is 677 g/mol. The van der Waals surface area contributed by atoms with Gasteiger partial charge in [0.2, 0.25) is 0 Å². The van der Waals surface area contributed by atoms with Gasteiger partial charge in [-0.25, -0.2) is 0 Å². The van der Waals surface area contributed by atoms with Crippen LogP contribution in [0.25, 0.3) is 88.4 Å². The lowest BCUT2D eigenvalue weighted by Crippen LogP contribution is -2.28. The third-order valence-electron chi connectivity index (χ3n) is 13.1. The maximum Gasteiger partial charge on any atom is 0.0547 e. The number of rotatable bonds is 4. The molecule has 2 aliphatic carbocycles. The molecule has 1 fully saturated rings. The molecule has 2 heterocycles. The first-order valence-corrected chi connectivity index (χ1v) is 20.2. The second-order valence-electron chi connectivity index (χ2n) is 16.0. The van der Waals surface area contributed by atoms with Crippen molar-refractivity contribution >= 4 is 43.6 Å². The summed E-state index contributed by atoms with van der Waals surface area (Å²) in [6.45, 7) is 0. The fraction of sp³-hybridized carbons (Fsp3) is 0.111. The second kappa shape index (κ2) is 12.2. The van der Waals surface area contributed by atoms with E-state index in [1.807, 2.05) is 0 Å². The molecule has 2 aromatic heterocycles. The molecule has 56 heavy (non-hydrogen) atoms. The highest BCUT2D eigenvalue weighted by molar-refractivity contribution is 6.12. The summed E-state index contributed by atoms with van der Waals surface area (Å²) in [5, 5.41) is 5.25. The minimum atomic E-state index is 0.0204. The smallest absolute Gasteiger partial charge is 0.0547 e. The van der Waals surface area contributed by atoms with Crippen LogP contribution in [0.15, 0.2) is 182 Å². The van der Waals surface area contributed by atoms with Gasteiger partial charge in [0.15, 0.2) is 0 Å². The molecule has 2 heteroatoms. The maximum atomic E-state index is 2.60. The van der Waals surface area contributed by atoms with Gasteiger partial charge in [-0.15, -0.1) is 0 Å². The summed E-state index contributed by atoms with van der Waals surface area (Å²) in [5.41, 5.74) is 18.3. The molecule has 2 nitrogen and oxygen atoms in total. The molecular formula is C54H40N2. The average Bonchev–Trinajstić information content (AvgIpc) is 3.87. The largest absolute Gasteiger partial charge is 0.309 e. The van der Waals surface area contributed by atoms with Crippen molar-refractivity contribution in [2.75, 3.05) is 0 Å². The van der Waals surface area contributed by atoms with E-state index >= 15 is 0 Å². The Balaban J connectivity index is 1.06. The van der Waals surface area contributed by atoms with E-state index in [0.717, 1.165) is 0 Å². The average molecular weight is 717 g/mol. The van der Waals surface area contributed by atoms with Crippen molar-refractivity contribution in [3.8, 4) is 44.8 Å². The third kappa shape index (κ3) is 4.56. The molecule has 1 saturated carbocycles. The number of benzene rings is 8. The SMILES string of the molecule is c1ccc(-c2cccc(-n3c4ccccc4c4cc5c(cc43)-c3ccc(-c4ccc6c7ccccc7n(-c7ccccc7)c6c4)cc3C53CCCCC3)c2)cc1. The predicted octanol–water partition coefficient (Wildman–Crippen LogP) is 14.4. The van der Waals surface area contributed by atoms with E-state index in [4.69, 9.17) is 0 Å². The van der Waals surface area contributed by atoms with Crippen LogP contribution in [0.3, 0.4) is 0 Å². The van der Waals surface area contributed by atoms with Crippen molar-refractivity contribution < 1.29 is 0 Å². The van der Waals surface area contributed by atoms with Gasteiger partial charge < -0.3 is 9.13 Å². The van der Waals surface area contributed by atoms with Crippen LogP contribution in [0.4, 0.5) is 0 Å². The molecule has 2 aliphatic rings. The van der Waals surface area contributed by atoms with E-state index in [1.54, 1.807) is 0 Å². The molecule has 0 amide bonds. The quantitative estimate of drug-likeness (QED) is 0.172. The van der Waals surface area contributed by atoms with E-state index in [-0.39, 0.29) is 5.41 Å². The summed E-state index contributed by atoms with van der Waals surface area (Å²) in [6.07, 6.45) is 6.23. The number of hydrogen-bond acceptors (Lipinski definition) is 0. The summed E-state index contributed by atoms with van der Waals surface area (Å²) in [7, 11) is 0. The van der Waals surface area contributed by atoms with Crippen LogP contribution >= 0.6 is 0 Å². The van der Waals surface area contributed by atoms with Crippen LogP contribution in [0, 0.1) is 0 Å². The molecule has 1 spiro atoms. The van der Waals surface area contributed by atoms with Gasteiger partial charge in [-0.2, -0.15) is 0 Å². The molecule has 0 N–H and O–H groups in total. The highest BCUT2D eigenvalue weighted by atomic mass is 15.0. The van der Waals surface area contributed by atoms with Crippen LogP contribution in [0.1, 0.15) is 43.2 Å². The standard InChI is InChI=1S/C54H40N2/c1-4-15-36(16-5-1)37-17-14-20-41(31-37)56-51-24-11-9-22-44(51)47-34-49-46(35-53(47)56)42-27-25-38(32-48(42)54(49)29-12-3-13-30-54)39-26-28-45-43-21-8-10-23-50(43)55(52(45)33-39)40-18-6-2-7-19-40/h1-2,4-11,14-28,31-35H,3,12-13,29-30H2. The van der Waals surface area contributed by atoms with E-state index in [2.05, 4.69) is 191 Å². The van der Waals surface area contributed by atoms with Gasteiger partial charge in [0.1, 0.15) is 0 Å². The van der Waals surface area contributed by atoms with Crippen molar-refractivity contribution in [1.29, 1.82) is 0 Å². The molecule has 12 rings (SSSR count). The third-order valence-corrected chi connectivity index (χ3v) is 13.1. The Morgan fingerprint density at radius 1 is 0.321 bits per heavy atom. The summed E-state index contributed by atoms with van der Waals surface area (Å²) in [5.74, 6) is 0. The summed E-state index contributed by atoms with van der Waals surface area (Å²) >= 11 is 0. The lowest BCUT2D eigenvalue weighted by atomic mass is 9.67. The van der Waals surface area contributed by atoms with Gasteiger partial charge in [0.25, 0.3) is 0 Å². The predicted molar refractivity (Wildman–Crippen MR) is 235 cm³/mol. The molecule has 0 saturated heterocycles. The lowest BCUT2D eigenvalue weighted by Gasteiger charge is -2.36. The first kappa shape index (κ1) is 31.7. The van der Waals surface area contributed by atoms with Crippen LogP contribution in [-0.2, 0) is 5.41 Å². The van der Waals surface area contributed by atoms with E-state index in [1.165, 1.54) is 132 Å². The number of nitrogens with zero attached hydrogens (tertiary/aromatic N) is 2. The Kier molecular flexibility index (Phi) is 6.89. The van der Waals surface area contributed by atoms with Crippen molar-refractivity contribution in [2.24, 2.45) is 0 Å². The Morgan fingerprint density at radius 3 is 1.66 bits per heavy atom. The number of aromatic nitrogens is 2. The molecule has 10 aromatic rings. The summed E-state index contributed by atoms with van der Waals surface area (Å²) in [6, 6.07) is 68.0. The van der Waals surface area contributed by atoms with Gasteiger partial charge in [0, 0.05) is 38.3 Å². The highest BCUT2D eigenvalue weighted by Gasteiger charge is 2.44. The van der Waals surface area contributed by atoms with E-state index in [9.17, 15) is 0 Å². The van der Waals surface area contributed by atoms with Crippen LogP contribution in [0.5, 0.6) is 0 Å². The number of hydrogen-bond donors (Lipinski definition) is 0. The zero-order valence-corrected chi connectivity index (χ0v) is 31.3. The van der Waals surface area contributed by atoms with Crippen molar-refractivity contribution in [3.05, 3.63) is 193 Å². The monoisotopic (exact) mass is 716 g/mol. The van der Waals surface area contributed by atoms with Crippen LogP contribution < -0.4 is 0 Å². The van der Waals surface area contributed by atoms with E-state index < -0.39 is 0 Å². The molecule has 266 valence electrons. The number of para-hydroxylation sites is 3. The molecule has 0 bridgehead atoms. The Morgan fingerprint density at radius 2 is 0.875 bits per heavy atom. The second-order valence-corrected chi connectivity index (χ2v) is 16.0. The molecule has 0 unspecified atom stereocenters. The fourth-order valence-electron chi connectivity index (χ4n) is 10.6. The van der Waals surface area contributed by atoms with E-state index in [0.29, 0.717) is 0 Å². The van der Waals surface area contributed by atoms with Crippen molar-refractivity contribution in [3.63, 3.8) is 0 Å². The minimum absolute atomic E-state index is 0.0204. The summed E-state index contributed by atoms with van der Waals surface area (Å²) in [4.78, 5) is 0. The van der Waals surface area contributed by atoms with Crippen molar-refractivity contribution in [1.82, 2.24) is 9.13 Å². The van der Waals surface area contributed by atoms with Gasteiger partial charge in [0.05, 0.1) is 22.1 Å². The van der Waals surface area contributed by atoms with Gasteiger partial charge in [-0.05, 0) is 118 Å². The van der Waals surface area contributed by atoms with Crippen LogP contribution in [0.2, 0.25) is 0 Å². The minimum Gasteiger partial charge on any atom is -0.309 e. The molecule has 0 radical (unpaired) electrons. The fourth-order valence-corrected chi connectivity index (χ4v) is 10.6. The summed E-state index contributed by atoms with van der Waals surface area (Å²) < 4.78 is 4.93. The molecule has 0 aliphatic heterocycles. The Bertz CT molecular complexity index is 3160. The number of fused-ring (bicyclic) bond motifs is 11. The van der Waals surface area contributed by atoms with Gasteiger partial charge in [-0.3, -0.25) is 0 Å². The van der Waals surface area contributed by atoms with Gasteiger partial charge >= 0.3 is 0 Å². The highest BCUT2D eigenvalue weighted by Crippen LogP contribution is 2.58. The lowest BCUT2D eigenvalue weighted by molar-refractivity contribution is 0.353. The topological polar surface area (TPSA) is 9.86 Å². The molecule has 8 aromatic carbocycles. The zero-order chi connectivity index (χ0) is 36.8. The first-order chi connectivity index (χ1) is 27.7. The first-order valence-electron chi connectivity index (χ1n) is 20.2. The Hall–Kier alpha value is -6.64.